The molecule has 2 heterocycles. The number of nitrogens with one attached hydrogen (secondary N) is 1. The summed E-state index contributed by atoms with van der Waals surface area (Å²) in [5.74, 6) is -0.415. The Labute approximate surface area is 182 Å². The number of carbonyl (C=O) groups is 1. The monoisotopic (exact) mass is 439 g/mol. The van der Waals surface area contributed by atoms with E-state index in [1.807, 2.05) is 26.0 Å². The molecule has 8 nitrogen and oxygen atoms in total. The molecule has 31 heavy (non-hydrogen) atoms. The van der Waals surface area contributed by atoms with Crippen molar-refractivity contribution in [1.29, 1.82) is 0 Å². The van der Waals surface area contributed by atoms with Crippen LogP contribution in [0.5, 0.6) is 0 Å². The third-order valence-electron chi connectivity index (χ3n) is 4.73. The Morgan fingerprint density at radius 3 is 2.52 bits per heavy atom. The van der Waals surface area contributed by atoms with E-state index in [0.717, 1.165) is 11.4 Å². The number of rotatable bonds is 5. The van der Waals surface area contributed by atoms with Crippen LogP contribution in [-0.2, 0) is 0 Å². The minimum Gasteiger partial charge on any atom is -0.322 e. The average Bonchev–Trinajstić information content (AvgIpc) is 3.36. The van der Waals surface area contributed by atoms with Gasteiger partial charge in [-0.05, 0) is 65.7 Å². The first-order valence-electron chi connectivity index (χ1n) is 9.55. The van der Waals surface area contributed by atoms with Crippen LogP contribution in [0.25, 0.3) is 11.4 Å². The van der Waals surface area contributed by atoms with Crippen LogP contribution in [0.3, 0.4) is 0 Å². The number of amides is 1. The number of tetrazole rings is 1. The van der Waals surface area contributed by atoms with Gasteiger partial charge in [0.05, 0.1) is 23.1 Å². The number of benzene rings is 2. The molecule has 158 valence electrons. The summed E-state index contributed by atoms with van der Waals surface area (Å²) in [4.78, 5) is 13.1. The quantitative estimate of drug-likeness (QED) is 0.500. The Bertz CT molecular complexity index is 1250. The van der Waals surface area contributed by atoms with Crippen molar-refractivity contribution in [3.05, 3.63) is 76.6 Å². The lowest BCUT2D eigenvalue weighted by Crippen LogP contribution is -2.16. The molecule has 0 radical (unpaired) electrons. The van der Waals surface area contributed by atoms with Crippen molar-refractivity contribution in [2.45, 2.75) is 26.7 Å². The van der Waals surface area contributed by atoms with Crippen LogP contribution >= 0.6 is 11.6 Å². The van der Waals surface area contributed by atoms with E-state index < -0.39 is 5.82 Å². The smallest absolute Gasteiger partial charge is 0.259 e. The molecule has 0 aliphatic carbocycles. The molecule has 0 fully saturated rings. The molecule has 4 aromatic rings. The van der Waals surface area contributed by atoms with Crippen molar-refractivity contribution in [1.82, 2.24) is 30.0 Å². The molecule has 0 aliphatic rings. The van der Waals surface area contributed by atoms with Crippen LogP contribution in [0.1, 0.15) is 41.6 Å². The molecular weight excluding hydrogens is 421 g/mol. The van der Waals surface area contributed by atoms with Gasteiger partial charge in [0, 0.05) is 10.7 Å². The highest BCUT2D eigenvalue weighted by molar-refractivity contribution is 6.30. The van der Waals surface area contributed by atoms with E-state index in [2.05, 4.69) is 25.9 Å². The molecule has 0 bridgehead atoms. The van der Waals surface area contributed by atoms with Gasteiger partial charge in [0.2, 0.25) is 0 Å². The highest BCUT2D eigenvalue weighted by Crippen LogP contribution is 2.25. The van der Waals surface area contributed by atoms with E-state index >= 15 is 0 Å². The molecule has 1 N–H and O–H groups in total. The predicted octanol–water partition coefficient (Wildman–Crippen LogP) is 4.32. The highest BCUT2D eigenvalue weighted by atomic mass is 35.5. The van der Waals surface area contributed by atoms with Crippen molar-refractivity contribution >= 4 is 23.2 Å². The zero-order valence-electron chi connectivity index (χ0n) is 17.0. The maximum Gasteiger partial charge on any atom is 0.259 e. The van der Waals surface area contributed by atoms with Crippen LogP contribution in [-0.4, -0.2) is 35.9 Å². The summed E-state index contributed by atoms with van der Waals surface area (Å²) in [6, 6.07) is 11.4. The first kappa shape index (κ1) is 20.7. The van der Waals surface area contributed by atoms with Crippen LogP contribution in [0, 0.1) is 12.7 Å². The maximum atomic E-state index is 14.3. The largest absolute Gasteiger partial charge is 0.322 e. The fourth-order valence-electron chi connectivity index (χ4n) is 3.28. The van der Waals surface area contributed by atoms with Crippen molar-refractivity contribution in [2.24, 2.45) is 0 Å². The second-order valence-electron chi connectivity index (χ2n) is 7.24. The number of carbonyl (C=O) groups excluding carboxylic acids is 1. The number of aryl methyl sites for hydroxylation is 1. The minimum absolute atomic E-state index is 0.0200. The molecule has 0 saturated carbocycles. The Hall–Kier alpha value is -3.59. The molecular formula is C21H19ClFN7O. The van der Waals surface area contributed by atoms with Gasteiger partial charge in [-0.1, -0.05) is 25.4 Å². The first-order chi connectivity index (χ1) is 14.8. The number of anilines is 1. The molecule has 2 aromatic heterocycles. The van der Waals surface area contributed by atoms with Gasteiger partial charge in [0.25, 0.3) is 5.91 Å². The van der Waals surface area contributed by atoms with Crippen LogP contribution < -0.4 is 5.32 Å². The van der Waals surface area contributed by atoms with Crippen molar-refractivity contribution in [3.63, 3.8) is 0 Å². The summed E-state index contributed by atoms with van der Waals surface area (Å²) in [6.45, 7) is 5.62. The van der Waals surface area contributed by atoms with Crippen molar-refractivity contribution in [3.8, 4) is 11.4 Å². The van der Waals surface area contributed by atoms with Gasteiger partial charge in [-0.3, -0.25) is 4.79 Å². The summed E-state index contributed by atoms with van der Waals surface area (Å²) in [7, 11) is 0. The Kier molecular flexibility index (Phi) is 5.51. The second-order valence-corrected chi connectivity index (χ2v) is 7.68. The highest BCUT2D eigenvalue weighted by Gasteiger charge is 2.21. The third kappa shape index (κ3) is 4.04. The number of aromatic nitrogens is 6. The number of hydrogen-bond acceptors (Lipinski definition) is 5. The molecule has 2 aromatic carbocycles. The van der Waals surface area contributed by atoms with E-state index in [1.165, 1.54) is 29.1 Å². The Balaban J connectivity index is 1.67. The Morgan fingerprint density at radius 2 is 1.87 bits per heavy atom. The molecule has 0 saturated heterocycles. The van der Waals surface area contributed by atoms with Gasteiger partial charge in [-0.25, -0.2) is 9.07 Å². The van der Waals surface area contributed by atoms with E-state index in [0.29, 0.717) is 22.1 Å². The van der Waals surface area contributed by atoms with Gasteiger partial charge < -0.3 is 5.32 Å². The SMILES string of the molecule is Cc1nnnn1-c1cc(NC(=O)c2cnn(-c3ccc(Cl)cc3)c2C(C)C)ccc1F. The first-order valence-corrected chi connectivity index (χ1v) is 9.93. The fourth-order valence-corrected chi connectivity index (χ4v) is 3.41. The van der Waals surface area contributed by atoms with E-state index in [4.69, 9.17) is 11.6 Å². The van der Waals surface area contributed by atoms with Crippen molar-refractivity contribution < 1.29 is 9.18 Å². The molecule has 10 heteroatoms. The lowest BCUT2D eigenvalue weighted by Gasteiger charge is -2.13. The molecule has 0 unspecified atom stereocenters. The molecule has 1 amide bonds. The zero-order chi connectivity index (χ0) is 22.1. The molecule has 0 spiro atoms. The second kappa shape index (κ2) is 8.27. The van der Waals surface area contributed by atoms with Crippen LogP contribution in [0.15, 0.2) is 48.7 Å². The lowest BCUT2D eigenvalue weighted by molar-refractivity contribution is 0.102. The number of hydrogen-bond donors (Lipinski definition) is 1. The van der Waals surface area contributed by atoms with Gasteiger partial charge >= 0.3 is 0 Å². The average molecular weight is 440 g/mol. The molecule has 0 aliphatic heterocycles. The summed E-state index contributed by atoms with van der Waals surface area (Å²) >= 11 is 5.98. The molecule has 4 rings (SSSR count). The number of halogens is 2. The summed E-state index contributed by atoms with van der Waals surface area (Å²) in [5.41, 5.74) is 2.52. The van der Waals surface area contributed by atoms with E-state index in [9.17, 15) is 9.18 Å². The summed E-state index contributed by atoms with van der Waals surface area (Å²) in [6.07, 6.45) is 1.52. The lowest BCUT2D eigenvalue weighted by atomic mass is 10.0. The normalized spacial score (nSPS) is 11.2. The fraction of sp³-hybridized carbons (Fsp3) is 0.190. The van der Waals surface area contributed by atoms with Gasteiger partial charge in [-0.15, -0.1) is 5.10 Å². The molecule has 0 atom stereocenters. The van der Waals surface area contributed by atoms with Gasteiger partial charge in [-0.2, -0.15) is 9.78 Å². The number of nitrogens with zero attached hydrogens (tertiary/aromatic N) is 6. The summed E-state index contributed by atoms with van der Waals surface area (Å²) in [5, 5.41) is 18.9. The van der Waals surface area contributed by atoms with E-state index in [1.54, 1.807) is 23.7 Å². The minimum atomic E-state index is -0.508. The van der Waals surface area contributed by atoms with Gasteiger partial charge in [0.1, 0.15) is 11.5 Å². The predicted molar refractivity (Wildman–Crippen MR) is 114 cm³/mol. The van der Waals surface area contributed by atoms with Crippen molar-refractivity contribution in [2.75, 3.05) is 5.32 Å². The zero-order valence-corrected chi connectivity index (χ0v) is 17.8. The third-order valence-corrected chi connectivity index (χ3v) is 4.98. The standard InChI is InChI=1S/C21H19ClFN7O/c1-12(2)20-17(11-24-30(20)16-7-4-14(22)5-8-16)21(31)25-15-6-9-18(23)19(10-15)29-13(3)26-27-28-29/h4-12H,1-3H3,(H,25,31). The summed E-state index contributed by atoms with van der Waals surface area (Å²) < 4.78 is 17.3. The topological polar surface area (TPSA) is 90.5 Å². The van der Waals surface area contributed by atoms with E-state index in [-0.39, 0.29) is 17.5 Å². The Morgan fingerprint density at radius 1 is 1.13 bits per heavy atom. The maximum absolute atomic E-state index is 14.3. The van der Waals surface area contributed by atoms with Crippen LogP contribution in [0.2, 0.25) is 5.02 Å². The van der Waals surface area contributed by atoms with Crippen LogP contribution in [0.4, 0.5) is 10.1 Å². The van der Waals surface area contributed by atoms with Gasteiger partial charge in [0.15, 0.2) is 5.82 Å².